The molecule has 0 unspecified atom stereocenters. The van der Waals surface area contributed by atoms with Crippen LogP contribution in [0.4, 0.5) is 0 Å². The summed E-state index contributed by atoms with van der Waals surface area (Å²) < 4.78 is 1.88. The van der Waals surface area contributed by atoms with E-state index in [1.54, 1.807) is 6.20 Å². The summed E-state index contributed by atoms with van der Waals surface area (Å²) in [5.41, 5.74) is 5.67. The fraction of sp³-hybridized carbons (Fsp3) is 0.188. The summed E-state index contributed by atoms with van der Waals surface area (Å²) in [4.78, 5) is 8.64. The Kier molecular flexibility index (Phi) is 3.06. The molecule has 3 aromatic heterocycles. The number of aryl methyl sites for hydroxylation is 2. The van der Waals surface area contributed by atoms with E-state index in [2.05, 4.69) is 28.6 Å². The van der Waals surface area contributed by atoms with Crippen molar-refractivity contribution in [1.29, 1.82) is 0 Å². The van der Waals surface area contributed by atoms with Crippen molar-refractivity contribution < 1.29 is 0 Å². The predicted molar refractivity (Wildman–Crippen MR) is 79.5 cm³/mol. The summed E-state index contributed by atoms with van der Waals surface area (Å²) in [7, 11) is 0. The van der Waals surface area contributed by atoms with Gasteiger partial charge < -0.3 is 0 Å². The molecule has 3 heterocycles. The Morgan fingerprint density at radius 1 is 1.25 bits per heavy atom. The molecule has 0 aromatic carbocycles. The zero-order valence-corrected chi connectivity index (χ0v) is 11.7. The van der Waals surface area contributed by atoms with Gasteiger partial charge in [0.1, 0.15) is 0 Å². The van der Waals surface area contributed by atoms with Crippen molar-refractivity contribution in [2.45, 2.75) is 20.3 Å². The highest BCUT2D eigenvalue weighted by molar-refractivity contribution is 5.77. The average molecular weight is 264 g/mol. The Balaban J connectivity index is 2.10. The van der Waals surface area contributed by atoms with Gasteiger partial charge in [0.05, 0.1) is 17.6 Å². The fourth-order valence-electron chi connectivity index (χ4n) is 2.26. The second-order valence-electron chi connectivity index (χ2n) is 4.71. The van der Waals surface area contributed by atoms with E-state index in [4.69, 9.17) is 0 Å². The molecule has 0 saturated heterocycles. The lowest BCUT2D eigenvalue weighted by Crippen LogP contribution is -2.02. The number of aromatic nitrogens is 4. The van der Waals surface area contributed by atoms with Gasteiger partial charge in [0, 0.05) is 23.0 Å². The molecule has 0 aliphatic heterocycles. The molecule has 0 amide bonds. The number of hydrogen-bond donors (Lipinski definition) is 0. The van der Waals surface area contributed by atoms with Crippen molar-refractivity contribution in [3.05, 3.63) is 65.9 Å². The molecule has 0 atom stereocenters. The molecule has 3 rings (SSSR count). The highest BCUT2D eigenvalue weighted by atomic mass is 15.3. The number of pyridine rings is 1. The molecule has 0 aliphatic rings. The summed E-state index contributed by atoms with van der Waals surface area (Å²) in [5, 5.41) is 4.65. The zero-order chi connectivity index (χ0) is 14.1. The van der Waals surface area contributed by atoms with E-state index >= 15 is 0 Å². The highest BCUT2D eigenvalue weighted by Gasteiger charge is 2.10. The lowest BCUT2D eigenvalue weighted by molar-refractivity contribution is 0.850. The van der Waals surface area contributed by atoms with Gasteiger partial charge in [-0.3, -0.25) is 4.98 Å². The Bertz CT molecular complexity index is 786. The van der Waals surface area contributed by atoms with Gasteiger partial charge in [-0.1, -0.05) is 19.6 Å². The van der Waals surface area contributed by atoms with Crippen LogP contribution in [0.1, 0.15) is 29.6 Å². The second-order valence-corrected chi connectivity index (χ2v) is 4.71. The van der Waals surface area contributed by atoms with Gasteiger partial charge in [-0.05, 0) is 31.5 Å². The first-order valence-corrected chi connectivity index (χ1v) is 6.65. The summed E-state index contributed by atoms with van der Waals surface area (Å²) in [6.45, 7) is 8.24. The lowest BCUT2D eigenvalue weighted by Gasteiger charge is -2.08. The summed E-state index contributed by atoms with van der Waals surface area (Å²) in [6, 6.07) is 7.86. The molecular weight excluding hydrogens is 248 g/mol. The molecule has 0 N–H and O–H groups in total. The van der Waals surface area contributed by atoms with E-state index < -0.39 is 0 Å². The van der Waals surface area contributed by atoms with E-state index in [1.165, 1.54) is 0 Å². The average Bonchev–Trinajstić information content (AvgIpc) is 2.89. The van der Waals surface area contributed by atoms with Gasteiger partial charge in [-0.2, -0.15) is 5.10 Å². The Hall–Kier alpha value is -2.49. The third kappa shape index (κ3) is 1.99. The Labute approximate surface area is 117 Å². The number of hydrogen-bond acceptors (Lipinski definition) is 3. The van der Waals surface area contributed by atoms with Crippen LogP contribution < -0.4 is 0 Å². The van der Waals surface area contributed by atoms with Gasteiger partial charge in [0.2, 0.25) is 0 Å². The Morgan fingerprint density at radius 3 is 2.85 bits per heavy atom. The first kappa shape index (κ1) is 12.5. The zero-order valence-electron chi connectivity index (χ0n) is 11.7. The predicted octanol–water partition coefficient (Wildman–Crippen LogP) is 3.06. The van der Waals surface area contributed by atoms with E-state index in [1.807, 2.05) is 41.9 Å². The normalized spacial score (nSPS) is 10.9. The van der Waals surface area contributed by atoms with Gasteiger partial charge in [0.25, 0.3) is 0 Å². The minimum Gasteiger partial charge on any atom is -0.261 e. The molecule has 4 nitrogen and oxygen atoms in total. The number of imidazole rings is 1. The van der Waals surface area contributed by atoms with E-state index in [-0.39, 0.29) is 0 Å². The van der Waals surface area contributed by atoms with E-state index in [0.29, 0.717) is 0 Å². The van der Waals surface area contributed by atoms with Crippen molar-refractivity contribution in [3.8, 4) is 0 Å². The molecule has 3 aromatic rings. The quantitative estimate of drug-likeness (QED) is 0.730. The van der Waals surface area contributed by atoms with Crippen LogP contribution in [0, 0.1) is 6.92 Å². The minimum atomic E-state index is 0.848. The minimum absolute atomic E-state index is 0.848. The lowest BCUT2D eigenvalue weighted by atomic mass is 10.0. The van der Waals surface area contributed by atoms with Crippen LogP contribution in [0.2, 0.25) is 0 Å². The monoisotopic (exact) mass is 264 g/mol. The summed E-state index contributed by atoms with van der Waals surface area (Å²) in [6.07, 6.45) is 4.55. The molecular formula is C16H16N4. The summed E-state index contributed by atoms with van der Waals surface area (Å²) >= 11 is 0. The molecule has 0 spiro atoms. The van der Waals surface area contributed by atoms with Crippen molar-refractivity contribution in [2.75, 3.05) is 0 Å². The maximum Gasteiger partial charge on any atom is 0.153 e. The van der Waals surface area contributed by atoms with Crippen LogP contribution in [0.3, 0.4) is 0 Å². The summed E-state index contributed by atoms with van der Waals surface area (Å²) in [5.74, 6) is 0. The third-order valence-electron chi connectivity index (χ3n) is 3.44. The van der Waals surface area contributed by atoms with Crippen LogP contribution in [-0.4, -0.2) is 19.6 Å². The van der Waals surface area contributed by atoms with Gasteiger partial charge >= 0.3 is 0 Å². The number of nitrogens with zero attached hydrogens (tertiary/aromatic N) is 4. The van der Waals surface area contributed by atoms with Crippen LogP contribution in [0.15, 0.2) is 43.2 Å². The molecule has 0 bridgehead atoms. The first-order valence-electron chi connectivity index (χ1n) is 6.65. The Morgan fingerprint density at radius 2 is 2.10 bits per heavy atom. The molecule has 0 aliphatic carbocycles. The van der Waals surface area contributed by atoms with Gasteiger partial charge in [-0.25, -0.2) is 9.50 Å². The maximum atomic E-state index is 4.65. The van der Waals surface area contributed by atoms with Crippen LogP contribution >= 0.6 is 0 Å². The fourth-order valence-corrected chi connectivity index (χ4v) is 2.26. The molecule has 0 radical (unpaired) electrons. The smallest absolute Gasteiger partial charge is 0.153 e. The second kappa shape index (κ2) is 4.89. The van der Waals surface area contributed by atoms with Crippen molar-refractivity contribution >= 4 is 11.2 Å². The van der Waals surface area contributed by atoms with Crippen LogP contribution in [0.5, 0.6) is 0 Å². The topological polar surface area (TPSA) is 43.1 Å². The first-order chi connectivity index (χ1) is 9.70. The van der Waals surface area contributed by atoms with Crippen LogP contribution in [0.25, 0.3) is 11.2 Å². The molecule has 20 heavy (non-hydrogen) atoms. The van der Waals surface area contributed by atoms with Crippen molar-refractivity contribution in [3.63, 3.8) is 0 Å². The number of rotatable bonds is 3. The number of fused-ring (bicyclic) bond motifs is 1. The van der Waals surface area contributed by atoms with Gasteiger partial charge in [-0.15, -0.1) is 0 Å². The molecule has 4 heteroatoms. The maximum absolute atomic E-state index is 4.65. The van der Waals surface area contributed by atoms with E-state index in [9.17, 15) is 0 Å². The third-order valence-corrected chi connectivity index (χ3v) is 3.44. The van der Waals surface area contributed by atoms with Crippen molar-refractivity contribution in [1.82, 2.24) is 19.6 Å². The largest absolute Gasteiger partial charge is 0.261 e. The molecule has 0 saturated carbocycles. The van der Waals surface area contributed by atoms with Crippen molar-refractivity contribution in [2.24, 2.45) is 0 Å². The SMILES string of the molecule is C=C(c1ccc2ncc(CC)n2n1)c1cccnc1C. The van der Waals surface area contributed by atoms with E-state index in [0.717, 1.165) is 40.3 Å². The standard InChI is InChI=1S/C16H16N4/c1-4-13-10-18-16-8-7-15(19-20(13)16)11(2)14-6-5-9-17-12(14)3/h5-10H,2,4H2,1,3H3. The highest BCUT2D eigenvalue weighted by Crippen LogP contribution is 2.22. The molecule has 0 fully saturated rings. The van der Waals surface area contributed by atoms with Gasteiger partial charge in [0.15, 0.2) is 5.65 Å². The molecule has 100 valence electrons. The van der Waals surface area contributed by atoms with Crippen LogP contribution in [-0.2, 0) is 6.42 Å².